The average molecular weight is 258 g/mol. The van der Waals surface area contributed by atoms with E-state index >= 15 is 0 Å². The Morgan fingerprint density at radius 3 is 2.95 bits per heavy atom. The summed E-state index contributed by atoms with van der Waals surface area (Å²) in [5.74, 6) is 0.169. The summed E-state index contributed by atoms with van der Waals surface area (Å²) in [5, 5.41) is 10.1. The second-order valence-corrected chi connectivity index (χ2v) is 5.29. The first kappa shape index (κ1) is 12.1. The van der Waals surface area contributed by atoms with E-state index in [1.54, 1.807) is 6.34 Å². The third kappa shape index (κ3) is 1.99. The Hall–Kier alpha value is -1.91. The number of hydrogen-bond donors (Lipinski definition) is 1. The molecule has 0 saturated carbocycles. The number of aliphatic hydroxyl groups excluding tert-OH is 1. The zero-order valence-corrected chi connectivity index (χ0v) is 11.2. The second-order valence-electron chi connectivity index (χ2n) is 5.29. The van der Waals surface area contributed by atoms with Crippen molar-refractivity contribution >= 4 is 18.6 Å². The molecular weight excluding hydrogens is 240 g/mol. The van der Waals surface area contributed by atoms with Gasteiger partial charge in [-0.25, -0.2) is 4.99 Å². The normalized spacial score (nSPS) is 29.2. The lowest BCUT2D eigenvalue weighted by Crippen LogP contribution is -2.41. The molecule has 5 nitrogen and oxygen atoms in total. The van der Waals surface area contributed by atoms with Crippen LogP contribution >= 0.6 is 0 Å². The number of aliphatic hydroxyl groups is 1. The number of fused-ring (bicyclic) bond motifs is 1. The lowest BCUT2D eigenvalue weighted by atomic mass is 9.89. The van der Waals surface area contributed by atoms with E-state index in [-0.39, 0.29) is 24.0 Å². The molecule has 2 aliphatic heterocycles. The average Bonchev–Trinajstić information content (AvgIpc) is 2.75. The second kappa shape index (κ2) is 4.64. The van der Waals surface area contributed by atoms with Gasteiger partial charge < -0.3 is 10.0 Å². The van der Waals surface area contributed by atoms with Crippen LogP contribution in [-0.4, -0.2) is 47.2 Å². The maximum absolute atomic E-state index is 10.1. The fourth-order valence-corrected chi connectivity index (χ4v) is 2.88. The first-order valence-electron chi connectivity index (χ1n) is 6.66. The van der Waals surface area contributed by atoms with E-state index in [1.165, 1.54) is 0 Å². The molecular formula is C14H18N4O. The summed E-state index contributed by atoms with van der Waals surface area (Å²) in [6.07, 6.45) is 8.63. The van der Waals surface area contributed by atoms with Gasteiger partial charge in [0, 0.05) is 18.2 Å². The van der Waals surface area contributed by atoms with E-state index in [1.807, 2.05) is 11.1 Å². The number of amidine groups is 1. The third-order valence-corrected chi connectivity index (χ3v) is 3.73. The zero-order valence-electron chi connectivity index (χ0n) is 11.2. The zero-order chi connectivity index (χ0) is 13.4. The van der Waals surface area contributed by atoms with Crippen LogP contribution in [0.3, 0.4) is 0 Å². The molecule has 19 heavy (non-hydrogen) atoms. The Balaban J connectivity index is 1.98. The Bertz CT molecular complexity index is 528. The molecule has 2 heterocycles. The van der Waals surface area contributed by atoms with Crippen molar-refractivity contribution in [3.63, 3.8) is 0 Å². The van der Waals surface area contributed by atoms with Gasteiger partial charge in [-0.2, -0.15) is 4.99 Å². The highest BCUT2D eigenvalue weighted by molar-refractivity contribution is 5.81. The Morgan fingerprint density at radius 1 is 1.42 bits per heavy atom. The maximum Gasteiger partial charge on any atom is 0.290 e. The monoisotopic (exact) mass is 258 g/mol. The Labute approximate surface area is 112 Å². The van der Waals surface area contributed by atoms with Gasteiger partial charge in [-0.05, 0) is 25.8 Å². The molecule has 0 bridgehead atoms. The molecule has 1 aliphatic carbocycles. The highest BCUT2D eigenvalue weighted by Crippen LogP contribution is 2.34. The van der Waals surface area contributed by atoms with Crippen LogP contribution in [0.15, 0.2) is 38.4 Å². The SMILES string of the molecule is CC(C)N1C(O)=NC2=C(C3C=NC=NC3)C=CCC21. The van der Waals surface area contributed by atoms with Crippen molar-refractivity contribution in [3.8, 4) is 0 Å². The van der Waals surface area contributed by atoms with Crippen LogP contribution in [0.5, 0.6) is 0 Å². The van der Waals surface area contributed by atoms with E-state index in [0.29, 0.717) is 6.54 Å². The van der Waals surface area contributed by atoms with Crippen molar-refractivity contribution in [1.82, 2.24) is 4.90 Å². The summed E-state index contributed by atoms with van der Waals surface area (Å²) in [7, 11) is 0. The van der Waals surface area contributed by atoms with Crippen LogP contribution < -0.4 is 0 Å². The summed E-state index contributed by atoms with van der Waals surface area (Å²) >= 11 is 0. The van der Waals surface area contributed by atoms with Gasteiger partial charge in [-0.15, -0.1) is 0 Å². The quantitative estimate of drug-likeness (QED) is 0.822. The molecule has 0 amide bonds. The van der Waals surface area contributed by atoms with E-state index in [0.717, 1.165) is 17.7 Å². The molecule has 0 radical (unpaired) electrons. The standard InChI is InChI=1S/C14H18N4O/c1-9(2)18-12-5-3-4-11(13(12)17-14(18)19)10-6-15-8-16-7-10/h3-4,6,8-10,12H,5,7H2,1-2H3,(H,17,19). The van der Waals surface area contributed by atoms with Crippen molar-refractivity contribution in [1.29, 1.82) is 0 Å². The number of allylic oxidation sites excluding steroid dienone is 1. The van der Waals surface area contributed by atoms with Crippen molar-refractivity contribution in [3.05, 3.63) is 23.4 Å². The van der Waals surface area contributed by atoms with Crippen molar-refractivity contribution < 1.29 is 5.11 Å². The molecule has 3 rings (SSSR count). The minimum atomic E-state index is 0.132. The molecule has 0 fully saturated rings. The maximum atomic E-state index is 10.1. The van der Waals surface area contributed by atoms with Crippen LogP contribution in [0.25, 0.3) is 0 Å². The molecule has 2 unspecified atom stereocenters. The highest BCUT2D eigenvalue weighted by Gasteiger charge is 2.37. The van der Waals surface area contributed by atoms with Gasteiger partial charge >= 0.3 is 0 Å². The number of aliphatic imine (C=N–C) groups is 3. The lowest BCUT2D eigenvalue weighted by molar-refractivity contribution is 0.257. The molecule has 5 heteroatoms. The topological polar surface area (TPSA) is 60.5 Å². The molecule has 0 aromatic rings. The summed E-state index contributed by atoms with van der Waals surface area (Å²) in [5.41, 5.74) is 2.11. The fourth-order valence-electron chi connectivity index (χ4n) is 2.88. The summed E-state index contributed by atoms with van der Waals surface area (Å²) < 4.78 is 0. The number of rotatable bonds is 2. The van der Waals surface area contributed by atoms with Crippen molar-refractivity contribution in [2.45, 2.75) is 32.4 Å². The summed E-state index contributed by atoms with van der Waals surface area (Å²) in [6.45, 7) is 4.84. The van der Waals surface area contributed by atoms with E-state index in [4.69, 9.17) is 0 Å². The van der Waals surface area contributed by atoms with E-state index in [9.17, 15) is 5.11 Å². The summed E-state index contributed by atoms with van der Waals surface area (Å²) in [4.78, 5) is 14.7. The molecule has 0 aromatic carbocycles. The lowest BCUT2D eigenvalue weighted by Gasteiger charge is -2.31. The van der Waals surface area contributed by atoms with Gasteiger partial charge in [-0.3, -0.25) is 4.99 Å². The smallest absolute Gasteiger partial charge is 0.290 e. The predicted octanol–water partition coefficient (Wildman–Crippen LogP) is 1.94. The summed E-state index contributed by atoms with van der Waals surface area (Å²) in [6, 6.07) is 0.517. The molecule has 100 valence electrons. The van der Waals surface area contributed by atoms with Crippen LogP contribution in [0.4, 0.5) is 0 Å². The Morgan fingerprint density at radius 2 is 2.26 bits per heavy atom. The van der Waals surface area contributed by atoms with Crippen molar-refractivity contribution in [2.75, 3.05) is 6.54 Å². The minimum Gasteiger partial charge on any atom is -0.480 e. The molecule has 2 atom stereocenters. The molecule has 0 spiro atoms. The third-order valence-electron chi connectivity index (χ3n) is 3.73. The Kier molecular flexibility index (Phi) is 2.97. The largest absolute Gasteiger partial charge is 0.480 e. The predicted molar refractivity (Wildman–Crippen MR) is 77.0 cm³/mol. The molecule has 3 aliphatic rings. The van der Waals surface area contributed by atoms with Gasteiger partial charge in [0.1, 0.15) is 6.34 Å². The first-order valence-corrected chi connectivity index (χ1v) is 6.66. The van der Waals surface area contributed by atoms with Gasteiger partial charge in [0.2, 0.25) is 0 Å². The molecule has 0 aromatic heterocycles. The van der Waals surface area contributed by atoms with Crippen molar-refractivity contribution in [2.24, 2.45) is 20.9 Å². The van der Waals surface area contributed by atoms with Gasteiger partial charge in [0.25, 0.3) is 6.02 Å². The van der Waals surface area contributed by atoms with E-state index in [2.05, 4.69) is 41.0 Å². The van der Waals surface area contributed by atoms with Gasteiger partial charge in [0.05, 0.1) is 18.3 Å². The molecule has 1 N–H and O–H groups in total. The van der Waals surface area contributed by atoms with Crippen LogP contribution in [0.2, 0.25) is 0 Å². The number of hydrogen-bond acceptors (Lipinski definition) is 4. The van der Waals surface area contributed by atoms with Crippen LogP contribution in [0.1, 0.15) is 20.3 Å². The first-order chi connectivity index (χ1) is 9.18. The van der Waals surface area contributed by atoms with Crippen LogP contribution in [-0.2, 0) is 0 Å². The van der Waals surface area contributed by atoms with E-state index < -0.39 is 0 Å². The van der Waals surface area contributed by atoms with Gasteiger partial charge in [0.15, 0.2) is 0 Å². The fraction of sp³-hybridized carbons (Fsp3) is 0.500. The molecule has 0 saturated heterocycles. The minimum absolute atomic E-state index is 0.132. The highest BCUT2D eigenvalue weighted by atomic mass is 16.3. The van der Waals surface area contributed by atoms with Gasteiger partial charge in [-0.1, -0.05) is 12.2 Å². The number of nitrogens with zero attached hydrogens (tertiary/aromatic N) is 4. The van der Waals surface area contributed by atoms with Crippen LogP contribution in [0, 0.1) is 5.92 Å².